The number of unbranched alkanes of at least 4 members (excludes halogenated alkanes) is 4. The highest BCUT2D eigenvalue weighted by atomic mass is 16.5. The zero-order valence-electron chi connectivity index (χ0n) is 22.9. The van der Waals surface area contributed by atoms with E-state index in [2.05, 4.69) is 34.4 Å². The maximum atomic E-state index is 13.0. The van der Waals surface area contributed by atoms with E-state index < -0.39 is 18.1 Å². The number of H-pyrrole nitrogens is 1. The molecule has 4 rings (SSSR count). The zero-order chi connectivity index (χ0) is 27.5. The van der Waals surface area contributed by atoms with Crippen LogP contribution in [0.3, 0.4) is 0 Å². The van der Waals surface area contributed by atoms with Crippen molar-refractivity contribution in [2.24, 2.45) is 0 Å². The molecule has 39 heavy (non-hydrogen) atoms. The minimum Gasteiger partial charge on any atom is -0.467 e. The fourth-order valence-corrected chi connectivity index (χ4v) is 4.86. The number of benzene rings is 2. The van der Waals surface area contributed by atoms with Gasteiger partial charge in [0.25, 0.3) is 0 Å². The van der Waals surface area contributed by atoms with Crippen LogP contribution in [-0.4, -0.2) is 48.7 Å². The van der Waals surface area contributed by atoms with Crippen LogP contribution in [0.5, 0.6) is 0 Å². The fraction of sp³-hybridized carbons (Fsp3) is 0.438. The number of rotatable bonds is 12. The maximum absolute atomic E-state index is 13.0. The van der Waals surface area contributed by atoms with E-state index in [9.17, 15) is 9.59 Å². The van der Waals surface area contributed by atoms with Gasteiger partial charge in [-0.2, -0.15) is 0 Å². The van der Waals surface area contributed by atoms with Crippen molar-refractivity contribution in [1.29, 1.82) is 0 Å². The summed E-state index contributed by atoms with van der Waals surface area (Å²) in [7, 11) is 1.34. The molecule has 0 saturated carbocycles. The second kappa shape index (κ2) is 14.5. The number of ether oxygens (including phenoxy) is 2. The van der Waals surface area contributed by atoms with Gasteiger partial charge in [-0.25, -0.2) is 4.79 Å². The Hall–Kier alpha value is -3.60. The second-order valence-electron chi connectivity index (χ2n) is 10.1. The van der Waals surface area contributed by atoms with Crippen molar-refractivity contribution in [1.82, 2.24) is 15.6 Å². The van der Waals surface area contributed by atoms with Crippen LogP contribution in [0.4, 0.5) is 0 Å². The average molecular weight is 530 g/mol. The molecule has 7 heteroatoms. The van der Waals surface area contributed by atoms with Crippen molar-refractivity contribution in [2.45, 2.75) is 76.7 Å². The number of hydrogen-bond donors (Lipinski definition) is 3. The molecule has 0 radical (unpaired) electrons. The Morgan fingerprint density at radius 2 is 1.92 bits per heavy atom. The number of para-hydroxylation sites is 1. The number of aromatic amines is 1. The van der Waals surface area contributed by atoms with Gasteiger partial charge in [-0.05, 0) is 42.2 Å². The third-order valence-corrected chi connectivity index (χ3v) is 7.14. The molecule has 2 heterocycles. The molecule has 1 aromatic heterocycles. The molecule has 0 bridgehead atoms. The van der Waals surface area contributed by atoms with Gasteiger partial charge in [0.15, 0.2) is 0 Å². The lowest BCUT2D eigenvalue weighted by Crippen LogP contribution is -2.49. The molecule has 1 aliphatic heterocycles. The topological polar surface area (TPSA) is 92.5 Å². The summed E-state index contributed by atoms with van der Waals surface area (Å²) in [6.07, 6.45) is 8.53. The minimum absolute atomic E-state index is 0.0893. The number of amides is 1. The number of carbonyl (C=O) groups is 2. The molecular weight excluding hydrogens is 490 g/mol. The number of esters is 1. The first-order valence-electron chi connectivity index (χ1n) is 13.9. The number of aromatic nitrogens is 1. The highest BCUT2D eigenvalue weighted by molar-refractivity contribution is 5.89. The molecule has 1 fully saturated rings. The Labute approximate surface area is 231 Å². The first-order chi connectivity index (χ1) is 19.1. The van der Waals surface area contributed by atoms with Crippen molar-refractivity contribution in [3.63, 3.8) is 0 Å². The molecular formula is C32H39N3O4. The highest BCUT2D eigenvalue weighted by Crippen LogP contribution is 2.20. The van der Waals surface area contributed by atoms with E-state index in [1.807, 2.05) is 54.7 Å². The molecule has 3 atom stereocenters. The van der Waals surface area contributed by atoms with E-state index in [0.717, 1.165) is 40.4 Å². The zero-order valence-corrected chi connectivity index (χ0v) is 22.9. The Bertz CT molecular complexity index is 1290. The van der Waals surface area contributed by atoms with Crippen LogP contribution >= 0.6 is 0 Å². The third kappa shape index (κ3) is 8.19. The monoisotopic (exact) mass is 529 g/mol. The van der Waals surface area contributed by atoms with E-state index in [-0.39, 0.29) is 12.0 Å². The molecule has 3 N–H and O–H groups in total. The van der Waals surface area contributed by atoms with E-state index in [1.54, 1.807) is 0 Å². The smallest absolute Gasteiger partial charge is 0.328 e. The van der Waals surface area contributed by atoms with Gasteiger partial charge in [0.1, 0.15) is 6.04 Å². The summed E-state index contributed by atoms with van der Waals surface area (Å²) in [4.78, 5) is 28.7. The predicted octanol–water partition coefficient (Wildman–Crippen LogP) is 4.64. The average Bonchev–Trinajstić information content (AvgIpc) is 3.61. The van der Waals surface area contributed by atoms with Gasteiger partial charge in [0.2, 0.25) is 5.91 Å². The molecule has 1 amide bonds. The summed E-state index contributed by atoms with van der Waals surface area (Å²) in [5.74, 6) is 5.80. The maximum Gasteiger partial charge on any atom is 0.328 e. The Kier molecular flexibility index (Phi) is 10.6. The summed E-state index contributed by atoms with van der Waals surface area (Å²) >= 11 is 0. The summed E-state index contributed by atoms with van der Waals surface area (Å²) in [6, 6.07) is 14.8. The third-order valence-electron chi connectivity index (χ3n) is 7.14. The van der Waals surface area contributed by atoms with Gasteiger partial charge < -0.3 is 25.1 Å². The predicted molar refractivity (Wildman–Crippen MR) is 153 cm³/mol. The summed E-state index contributed by atoms with van der Waals surface area (Å²) in [6.45, 7) is 3.26. The van der Waals surface area contributed by atoms with Crippen molar-refractivity contribution in [2.75, 3.05) is 13.7 Å². The second-order valence-corrected chi connectivity index (χ2v) is 10.1. The molecule has 0 aliphatic carbocycles. The van der Waals surface area contributed by atoms with Crippen LogP contribution in [0.2, 0.25) is 0 Å². The normalized spacial score (nSPS) is 17.4. The first kappa shape index (κ1) is 28.4. The fourth-order valence-electron chi connectivity index (χ4n) is 4.86. The quantitative estimate of drug-likeness (QED) is 0.181. The van der Waals surface area contributed by atoms with Gasteiger partial charge >= 0.3 is 5.97 Å². The number of nitrogens with one attached hydrogen (secondary N) is 3. The van der Waals surface area contributed by atoms with Gasteiger partial charge in [0, 0.05) is 42.0 Å². The Morgan fingerprint density at radius 3 is 2.72 bits per heavy atom. The van der Waals surface area contributed by atoms with Crippen LogP contribution in [-0.2, 0) is 32.1 Å². The number of carbonyl (C=O) groups excluding carboxylic acids is 2. The van der Waals surface area contributed by atoms with Crippen molar-refractivity contribution in [3.8, 4) is 11.8 Å². The lowest BCUT2D eigenvalue weighted by Gasteiger charge is -2.19. The Morgan fingerprint density at radius 1 is 1.10 bits per heavy atom. The SMILES string of the molecule is CCCCCCC#Cc1ccc(CO[C@H]2CN[C@H](C(=O)N[C@@H](Cc3c[nH]c4ccccc34)C(=O)OC)C2)cc1. The van der Waals surface area contributed by atoms with Crippen LogP contribution in [0.25, 0.3) is 10.9 Å². The molecule has 2 aromatic carbocycles. The van der Waals surface area contributed by atoms with Gasteiger partial charge in [-0.1, -0.05) is 68.4 Å². The molecule has 1 aliphatic rings. The summed E-state index contributed by atoms with van der Waals surface area (Å²) in [5.41, 5.74) is 4.02. The lowest BCUT2D eigenvalue weighted by atomic mass is 10.0. The van der Waals surface area contributed by atoms with E-state index >= 15 is 0 Å². The largest absolute Gasteiger partial charge is 0.467 e. The van der Waals surface area contributed by atoms with Crippen LogP contribution in [0.15, 0.2) is 54.7 Å². The van der Waals surface area contributed by atoms with Crippen LogP contribution < -0.4 is 10.6 Å². The lowest BCUT2D eigenvalue weighted by molar-refractivity contribution is -0.145. The first-order valence-corrected chi connectivity index (χ1v) is 13.9. The molecule has 0 unspecified atom stereocenters. The number of fused-ring (bicyclic) bond motifs is 1. The molecule has 3 aromatic rings. The van der Waals surface area contributed by atoms with Crippen molar-refractivity contribution >= 4 is 22.8 Å². The summed E-state index contributed by atoms with van der Waals surface area (Å²) < 4.78 is 11.1. The van der Waals surface area contributed by atoms with E-state index in [1.165, 1.54) is 26.4 Å². The number of hydrogen-bond acceptors (Lipinski definition) is 5. The van der Waals surface area contributed by atoms with Crippen LogP contribution in [0.1, 0.15) is 62.1 Å². The van der Waals surface area contributed by atoms with Crippen molar-refractivity contribution < 1.29 is 19.1 Å². The minimum atomic E-state index is -0.776. The molecule has 206 valence electrons. The van der Waals surface area contributed by atoms with Crippen LogP contribution in [0, 0.1) is 11.8 Å². The molecule has 1 saturated heterocycles. The van der Waals surface area contributed by atoms with Gasteiger partial charge in [0.05, 0.1) is 25.9 Å². The number of methoxy groups -OCH3 is 1. The van der Waals surface area contributed by atoms with E-state index in [4.69, 9.17) is 9.47 Å². The highest BCUT2D eigenvalue weighted by Gasteiger charge is 2.33. The molecule has 7 nitrogen and oxygen atoms in total. The molecule has 0 spiro atoms. The van der Waals surface area contributed by atoms with Gasteiger partial charge in [-0.15, -0.1) is 0 Å². The van der Waals surface area contributed by atoms with E-state index in [0.29, 0.717) is 26.0 Å². The van der Waals surface area contributed by atoms with Crippen molar-refractivity contribution in [3.05, 3.63) is 71.4 Å². The summed E-state index contributed by atoms with van der Waals surface area (Å²) in [5, 5.41) is 7.14. The van der Waals surface area contributed by atoms with Gasteiger partial charge in [-0.3, -0.25) is 4.79 Å². The standard InChI is InChI=1S/C32H39N3O4/c1-3-4-5-6-7-8-11-23-14-16-24(17-15-23)22-39-26-19-29(34-21-26)31(36)35-30(32(37)38-2)18-25-20-33-28-13-10-9-12-27(25)28/h9-10,12-17,20,26,29-30,33-34H,3-7,18-19,21-22H2,1-2H3,(H,35,36)/t26-,29+,30+/m1/s1. The Balaban J connectivity index is 1.24.